The van der Waals surface area contributed by atoms with Crippen LogP contribution in [0.2, 0.25) is 0 Å². The molecule has 1 aromatic carbocycles. The Balaban J connectivity index is 2.01. The number of aliphatic imine (C=N–C) groups is 1. The fraction of sp³-hybridized carbons (Fsp3) is 0.100. The topological polar surface area (TPSA) is 45.9 Å². The Morgan fingerprint density at radius 2 is 2.00 bits per heavy atom. The molecule has 0 amide bonds. The summed E-state index contributed by atoms with van der Waals surface area (Å²) in [5, 5.41) is 0. The van der Waals surface area contributed by atoms with Crippen molar-refractivity contribution in [1.29, 1.82) is 0 Å². The lowest BCUT2D eigenvalue weighted by Crippen LogP contribution is -1.98. The summed E-state index contributed by atoms with van der Waals surface area (Å²) in [6.45, 7) is 7.12. The number of pyridine rings is 1. The maximum atomic E-state index is 12.0. The van der Waals surface area contributed by atoms with Crippen LogP contribution in [0.1, 0.15) is 29.9 Å². The minimum atomic E-state index is 0.0172. The van der Waals surface area contributed by atoms with Crippen molar-refractivity contribution in [2.45, 2.75) is 18.7 Å². The third-order valence-corrected chi connectivity index (χ3v) is 4.71. The Bertz CT molecular complexity index is 958. The highest BCUT2D eigenvalue weighted by Gasteiger charge is 2.15. The highest BCUT2D eigenvalue weighted by Crippen LogP contribution is 2.29. The van der Waals surface area contributed by atoms with Crippen LogP contribution in [0.4, 0.5) is 5.69 Å². The van der Waals surface area contributed by atoms with Gasteiger partial charge in [0.1, 0.15) is 0 Å². The molecule has 2 heterocycles. The Morgan fingerprint density at radius 1 is 1.24 bits per heavy atom. The standard InChI is InChI=1S/C20H19N3OS/c1-4-18(21-3)17-13-19(14(2)24)23-11-10-16(12-20(17)23)25-22-15-8-6-5-7-9-15/h4-13,22H,3H2,1-2H3/b18-4-. The van der Waals surface area contributed by atoms with Crippen LogP contribution in [-0.2, 0) is 0 Å². The number of nitrogens with one attached hydrogen (secondary N) is 1. The number of benzene rings is 1. The first-order chi connectivity index (χ1) is 12.1. The smallest absolute Gasteiger partial charge is 0.176 e. The molecule has 5 heteroatoms. The number of aromatic nitrogens is 1. The third-order valence-electron chi connectivity index (χ3n) is 3.88. The van der Waals surface area contributed by atoms with E-state index in [1.54, 1.807) is 6.92 Å². The Hall–Kier alpha value is -2.79. The predicted molar refractivity (Wildman–Crippen MR) is 107 cm³/mol. The normalized spacial score (nSPS) is 11.5. The summed E-state index contributed by atoms with van der Waals surface area (Å²) < 4.78 is 5.22. The van der Waals surface area contributed by atoms with E-state index < -0.39 is 0 Å². The zero-order valence-electron chi connectivity index (χ0n) is 14.2. The molecule has 0 aliphatic heterocycles. The van der Waals surface area contributed by atoms with Crippen molar-refractivity contribution in [3.05, 3.63) is 72.1 Å². The van der Waals surface area contributed by atoms with Gasteiger partial charge in [-0.1, -0.05) is 24.3 Å². The fourth-order valence-electron chi connectivity index (χ4n) is 2.67. The van der Waals surface area contributed by atoms with Crippen LogP contribution in [0.3, 0.4) is 0 Å². The first-order valence-corrected chi connectivity index (χ1v) is 8.73. The molecule has 0 atom stereocenters. The molecule has 0 aliphatic carbocycles. The number of anilines is 1. The van der Waals surface area contributed by atoms with Gasteiger partial charge in [-0.05, 0) is 55.9 Å². The minimum absolute atomic E-state index is 0.0172. The lowest BCUT2D eigenvalue weighted by atomic mass is 10.2. The second kappa shape index (κ2) is 7.40. The molecule has 126 valence electrons. The summed E-state index contributed by atoms with van der Waals surface area (Å²) in [7, 11) is 0. The monoisotopic (exact) mass is 349 g/mol. The minimum Gasteiger partial charge on any atom is -0.326 e. The van der Waals surface area contributed by atoms with Gasteiger partial charge < -0.3 is 9.12 Å². The van der Waals surface area contributed by atoms with Crippen LogP contribution in [-0.4, -0.2) is 16.9 Å². The Morgan fingerprint density at radius 3 is 2.64 bits per heavy atom. The summed E-state index contributed by atoms with van der Waals surface area (Å²) in [6, 6.07) is 15.9. The number of hydrogen-bond acceptors (Lipinski definition) is 4. The van der Waals surface area contributed by atoms with E-state index >= 15 is 0 Å². The highest BCUT2D eigenvalue weighted by atomic mass is 32.2. The van der Waals surface area contributed by atoms with Crippen molar-refractivity contribution in [2.24, 2.45) is 4.99 Å². The number of carbonyl (C=O) groups is 1. The van der Waals surface area contributed by atoms with Gasteiger partial charge in [0.05, 0.1) is 16.9 Å². The molecule has 4 nitrogen and oxygen atoms in total. The lowest BCUT2D eigenvalue weighted by molar-refractivity contribution is 0.101. The van der Waals surface area contributed by atoms with Gasteiger partial charge in [0.2, 0.25) is 0 Å². The second-order valence-corrected chi connectivity index (χ2v) is 6.40. The van der Waals surface area contributed by atoms with Gasteiger partial charge >= 0.3 is 0 Å². The first kappa shape index (κ1) is 17.0. The average molecular weight is 349 g/mol. The lowest BCUT2D eigenvalue weighted by Gasteiger charge is -2.07. The molecule has 0 saturated heterocycles. The molecule has 25 heavy (non-hydrogen) atoms. The van der Waals surface area contributed by atoms with E-state index in [1.165, 1.54) is 11.9 Å². The van der Waals surface area contributed by atoms with Crippen molar-refractivity contribution < 1.29 is 4.79 Å². The van der Waals surface area contributed by atoms with E-state index in [4.69, 9.17) is 0 Å². The van der Waals surface area contributed by atoms with E-state index in [0.29, 0.717) is 5.69 Å². The van der Waals surface area contributed by atoms with Gasteiger partial charge in [0.25, 0.3) is 0 Å². The maximum Gasteiger partial charge on any atom is 0.176 e. The molecule has 3 rings (SSSR count). The largest absolute Gasteiger partial charge is 0.326 e. The summed E-state index contributed by atoms with van der Waals surface area (Å²) in [4.78, 5) is 17.1. The second-order valence-electron chi connectivity index (χ2n) is 5.52. The molecule has 0 bridgehead atoms. The van der Waals surface area contributed by atoms with E-state index in [2.05, 4.69) is 22.5 Å². The van der Waals surface area contributed by atoms with Crippen LogP contribution < -0.4 is 4.72 Å². The number of para-hydroxylation sites is 1. The number of Topliss-reactive ketones (excluding diaryl/α,β-unsaturated/α-hetero) is 1. The zero-order valence-corrected chi connectivity index (χ0v) is 15.0. The molecule has 3 aromatic rings. The van der Waals surface area contributed by atoms with Gasteiger partial charge in [-0.2, -0.15) is 0 Å². The number of nitrogens with zero attached hydrogens (tertiary/aromatic N) is 2. The average Bonchev–Trinajstić information content (AvgIpc) is 3.01. The van der Waals surface area contributed by atoms with Crippen LogP contribution in [0.15, 0.2) is 70.7 Å². The van der Waals surface area contributed by atoms with Crippen molar-refractivity contribution in [2.75, 3.05) is 4.72 Å². The van der Waals surface area contributed by atoms with Crippen LogP contribution >= 0.6 is 11.9 Å². The first-order valence-electron chi connectivity index (χ1n) is 7.91. The molecule has 1 N–H and O–H groups in total. The van der Waals surface area contributed by atoms with Crippen LogP contribution in [0.25, 0.3) is 11.2 Å². The molecule has 0 spiro atoms. The van der Waals surface area contributed by atoms with Crippen molar-refractivity contribution >= 4 is 41.3 Å². The molecular formula is C20H19N3OS. The molecule has 0 fully saturated rings. The predicted octanol–water partition coefficient (Wildman–Crippen LogP) is 5.32. The van der Waals surface area contributed by atoms with E-state index in [1.807, 2.05) is 66.1 Å². The summed E-state index contributed by atoms with van der Waals surface area (Å²) in [5.41, 5.74) is 4.29. The number of allylic oxidation sites excluding steroid dienone is 1. The number of hydrogen-bond donors (Lipinski definition) is 1. The molecule has 0 saturated carbocycles. The molecular weight excluding hydrogens is 330 g/mol. The number of ketones is 1. The van der Waals surface area contributed by atoms with Gasteiger partial charge in [-0.25, -0.2) is 0 Å². The highest BCUT2D eigenvalue weighted by molar-refractivity contribution is 8.00. The van der Waals surface area contributed by atoms with E-state index in [-0.39, 0.29) is 5.78 Å². The SMILES string of the molecule is C=N/C(=C\C)c1cc(C(C)=O)n2ccc(SNc3ccccc3)cc12. The quantitative estimate of drug-likeness (QED) is 0.372. The Kier molecular flexibility index (Phi) is 5.05. The zero-order chi connectivity index (χ0) is 17.8. The number of fused-ring (bicyclic) bond motifs is 1. The van der Waals surface area contributed by atoms with E-state index in [9.17, 15) is 4.79 Å². The van der Waals surface area contributed by atoms with Crippen molar-refractivity contribution in [1.82, 2.24) is 4.40 Å². The van der Waals surface area contributed by atoms with Crippen molar-refractivity contribution in [3.63, 3.8) is 0 Å². The van der Waals surface area contributed by atoms with Gasteiger partial charge in [0, 0.05) is 29.3 Å². The molecule has 0 unspecified atom stereocenters. The summed E-state index contributed by atoms with van der Waals surface area (Å²) in [5.74, 6) is 0.0172. The molecule has 0 aliphatic rings. The number of carbonyl (C=O) groups excluding carboxylic acids is 1. The molecule has 2 aromatic heterocycles. The van der Waals surface area contributed by atoms with Gasteiger partial charge in [-0.3, -0.25) is 9.79 Å². The van der Waals surface area contributed by atoms with Gasteiger partial charge in [-0.15, -0.1) is 0 Å². The fourth-order valence-corrected chi connectivity index (χ4v) is 3.35. The van der Waals surface area contributed by atoms with Gasteiger partial charge in [0.15, 0.2) is 5.78 Å². The van der Waals surface area contributed by atoms with E-state index in [0.717, 1.165) is 27.4 Å². The maximum absolute atomic E-state index is 12.0. The van der Waals surface area contributed by atoms with Crippen molar-refractivity contribution in [3.8, 4) is 0 Å². The number of rotatable bonds is 6. The van der Waals surface area contributed by atoms with Crippen LogP contribution in [0.5, 0.6) is 0 Å². The van der Waals surface area contributed by atoms with Crippen LogP contribution in [0, 0.1) is 0 Å². The summed E-state index contributed by atoms with van der Waals surface area (Å²) >= 11 is 1.53. The molecule has 0 radical (unpaired) electrons. The summed E-state index contributed by atoms with van der Waals surface area (Å²) in [6.07, 6.45) is 3.81. The third kappa shape index (κ3) is 3.51. The Labute approximate surface area is 151 Å².